The first-order chi connectivity index (χ1) is 13.6. The molecule has 3 rings (SSSR count). The summed E-state index contributed by atoms with van der Waals surface area (Å²) in [6, 6.07) is 5.30. The van der Waals surface area contributed by atoms with Gasteiger partial charge in [-0.1, -0.05) is 11.6 Å². The molecule has 0 radical (unpaired) electrons. The summed E-state index contributed by atoms with van der Waals surface area (Å²) in [6.07, 6.45) is 3.79. The lowest BCUT2D eigenvalue weighted by Crippen LogP contribution is -2.16. The summed E-state index contributed by atoms with van der Waals surface area (Å²) in [7, 11) is 0. The summed E-state index contributed by atoms with van der Waals surface area (Å²) in [5.74, 6) is -0.234. The van der Waals surface area contributed by atoms with Gasteiger partial charge in [-0.2, -0.15) is 0 Å². The van der Waals surface area contributed by atoms with E-state index in [2.05, 4.69) is 15.3 Å². The number of unbranched alkanes of at least 4 members (excludes halogenated alkanes) is 2. The lowest BCUT2D eigenvalue weighted by atomic mass is 10.2. The van der Waals surface area contributed by atoms with Crippen molar-refractivity contribution < 1.29 is 19.0 Å². The number of ether oxygens (including phenoxy) is 1. The normalized spacial score (nSPS) is 11.2. The molecule has 0 saturated carbocycles. The van der Waals surface area contributed by atoms with Crippen molar-refractivity contribution >= 4 is 17.0 Å². The number of hydrogen-bond donors (Lipinski definition) is 2. The number of alkyl halides is 1. The first kappa shape index (κ1) is 19.6. The van der Waals surface area contributed by atoms with Crippen molar-refractivity contribution in [3.05, 3.63) is 40.6 Å². The van der Waals surface area contributed by atoms with Crippen molar-refractivity contribution in [1.29, 1.82) is 0 Å². The molecule has 0 spiro atoms. The second-order valence-electron chi connectivity index (χ2n) is 6.42. The highest BCUT2D eigenvalue weighted by atomic mass is 19.1. The average Bonchev–Trinajstić information content (AvgIpc) is 3.23. The van der Waals surface area contributed by atoms with E-state index in [0.717, 1.165) is 11.9 Å². The number of H-pyrrole nitrogens is 1. The molecule has 150 valence electrons. The van der Waals surface area contributed by atoms with E-state index in [1.807, 2.05) is 0 Å². The number of nitrogens with zero attached hydrogens (tertiary/aromatic N) is 4. The van der Waals surface area contributed by atoms with E-state index in [4.69, 9.17) is 9.84 Å². The van der Waals surface area contributed by atoms with E-state index in [1.165, 1.54) is 4.68 Å². The Bertz CT molecular complexity index is 993. The van der Waals surface area contributed by atoms with Gasteiger partial charge in [0.05, 0.1) is 23.8 Å². The Hall–Kier alpha value is -3.17. The zero-order chi connectivity index (χ0) is 19.9. The molecule has 1 aromatic carbocycles. The number of fused-ring (bicyclic) bond motifs is 1. The molecule has 0 aliphatic heterocycles. The largest absolute Gasteiger partial charge is 0.487 e. The number of aryl methyl sites for hydroxylation is 2. The number of aromatic amines is 1. The molecule has 2 aromatic heterocycles. The zero-order valence-corrected chi connectivity index (χ0v) is 15.3. The average molecular weight is 391 g/mol. The monoisotopic (exact) mass is 391 g/mol. The van der Waals surface area contributed by atoms with Crippen LogP contribution < -0.4 is 10.4 Å². The van der Waals surface area contributed by atoms with E-state index >= 15 is 0 Å². The van der Waals surface area contributed by atoms with E-state index in [9.17, 15) is 14.0 Å². The topological polar surface area (TPSA) is 115 Å². The van der Waals surface area contributed by atoms with Crippen LogP contribution in [-0.4, -0.2) is 42.3 Å². The number of carboxylic acid groups (broad SMARTS) is 1. The predicted octanol–water partition coefficient (Wildman–Crippen LogP) is 2.11. The zero-order valence-electron chi connectivity index (χ0n) is 15.3. The quantitative estimate of drug-likeness (QED) is 0.484. The van der Waals surface area contributed by atoms with E-state index in [0.29, 0.717) is 36.3 Å². The van der Waals surface area contributed by atoms with Crippen molar-refractivity contribution in [2.45, 2.75) is 45.4 Å². The van der Waals surface area contributed by atoms with Gasteiger partial charge in [0, 0.05) is 19.0 Å². The van der Waals surface area contributed by atoms with E-state index < -0.39 is 12.6 Å². The molecule has 0 aliphatic rings. The van der Waals surface area contributed by atoms with Gasteiger partial charge in [-0.05, 0) is 25.0 Å². The van der Waals surface area contributed by atoms with Crippen molar-refractivity contribution in [3.63, 3.8) is 0 Å². The minimum Gasteiger partial charge on any atom is -0.487 e. The third-order valence-corrected chi connectivity index (χ3v) is 4.31. The van der Waals surface area contributed by atoms with Crippen LogP contribution in [0.25, 0.3) is 11.0 Å². The number of carbonyl (C=O) groups is 1. The maximum atomic E-state index is 12.3. The van der Waals surface area contributed by atoms with Crippen LogP contribution in [0, 0.1) is 0 Å². The Balaban J connectivity index is 1.64. The summed E-state index contributed by atoms with van der Waals surface area (Å²) in [5.41, 5.74) is 1.80. The number of carboxylic acids is 1. The fourth-order valence-electron chi connectivity index (χ4n) is 2.93. The summed E-state index contributed by atoms with van der Waals surface area (Å²) >= 11 is 0. The second-order valence-corrected chi connectivity index (χ2v) is 6.42. The van der Waals surface area contributed by atoms with Crippen LogP contribution in [0.1, 0.15) is 31.4 Å². The molecule has 0 aliphatic carbocycles. The number of halogens is 1. The van der Waals surface area contributed by atoms with Crippen LogP contribution in [0.4, 0.5) is 4.39 Å². The predicted molar refractivity (Wildman–Crippen MR) is 99.0 cm³/mol. The number of aromatic nitrogens is 5. The Labute approximate surface area is 159 Å². The lowest BCUT2D eigenvalue weighted by Gasteiger charge is -2.06. The van der Waals surface area contributed by atoms with Crippen LogP contribution in [0.2, 0.25) is 0 Å². The maximum absolute atomic E-state index is 12.3. The van der Waals surface area contributed by atoms with Crippen molar-refractivity contribution in [1.82, 2.24) is 24.5 Å². The molecule has 0 unspecified atom stereocenters. The third kappa shape index (κ3) is 4.96. The van der Waals surface area contributed by atoms with Gasteiger partial charge in [0.25, 0.3) is 0 Å². The molecule has 28 heavy (non-hydrogen) atoms. The first-order valence-electron chi connectivity index (χ1n) is 9.09. The van der Waals surface area contributed by atoms with Crippen LogP contribution in [0.3, 0.4) is 0 Å². The highest BCUT2D eigenvalue weighted by molar-refractivity contribution is 5.77. The van der Waals surface area contributed by atoms with E-state index in [-0.39, 0.29) is 25.3 Å². The van der Waals surface area contributed by atoms with Gasteiger partial charge < -0.3 is 14.8 Å². The molecule has 0 saturated heterocycles. The van der Waals surface area contributed by atoms with Gasteiger partial charge in [-0.25, -0.2) is 13.9 Å². The maximum Gasteiger partial charge on any atom is 0.326 e. The minimum absolute atomic E-state index is 0.136. The molecule has 9 nitrogen and oxygen atoms in total. The van der Waals surface area contributed by atoms with Gasteiger partial charge in [-0.3, -0.25) is 9.36 Å². The molecule has 3 aromatic rings. The van der Waals surface area contributed by atoms with Gasteiger partial charge in [0.2, 0.25) is 0 Å². The Morgan fingerprint density at radius 2 is 2.11 bits per heavy atom. The van der Waals surface area contributed by atoms with Crippen LogP contribution in [0.5, 0.6) is 5.75 Å². The smallest absolute Gasteiger partial charge is 0.326 e. The molecule has 0 fully saturated rings. The first-order valence-corrected chi connectivity index (χ1v) is 9.09. The third-order valence-electron chi connectivity index (χ3n) is 4.31. The van der Waals surface area contributed by atoms with Crippen LogP contribution >= 0.6 is 0 Å². The standard InChI is InChI=1S/C18H22FN5O4/c19-7-9-23-11-13(21-22-23)12-28-14-5-6-15-16(10-14)24(18(27)20-15)8-3-1-2-4-17(25)26/h5-6,10-11H,1-4,7-9,12H2,(H,20,27)(H,25,26). The minimum atomic E-state index is -0.809. The van der Waals surface area contributed by atoms with Gasteiger partial charge in [-0.15, -0.1) is 5.10 Å². The number of imidazole rings is 1. The SMILES string of the molecule is O=C(O)CCCCCn1c(=O)[nH]c2ccc(OCc3cn(CCF)nn3)cc21. The van der Waals surface area contributed by atoms with Gasteiger partial charge in [0.1, 0.15) is 24.7 Å². The van der Waals surface area contributed by atoms with Crippen molar-refractivity contribution in [3.8, 4) is 5.75 Å². The number of rotatable bonds is 11. The number of benzene rings is 1. The second kappa shape index (κ2) is 9.16. The van der Waals surface area contributed by atoms with Gasteiger partial charge >= 0.3 is 11.7 Å². The Kier molecular flexibility index (Phi) is 6.41. The summed E-state index contributed by atoms with van der Waals surface area (Å²) in [4.78, 5) is 25.5. The Morgan fingerprint density at radius 1 is 1.25 bits per heavy atom. The molecule has 2 heterocycles. The molecule has 2 N–H and O–H groups in total. The van der Waals surface area contributed by atoms with Gasteiger partial charge in [0.15, 0.2) is 0 Å². The molecule has 0 atom stereocenters. The number of nitrogens with one attached hydrogen (secondary N) is 1. The number of hydrogen-bond acceptors (Lipinski definition) is 5. The van der Waals surface area contributed by atoms with Crippen molar-refractivity contribution in [2.24, 2.45) is 0 Å². The molecule has 0 amide bonds. The Morgan fingerprint density at radius 3 is 2.89 bits per heavy atom. The molecular formula is C18H22FN5O4. The molecule has 0 bridgehead atoms. The highest BCUT2D eigenvalue weighted by Gasteiger charge is 2.09. The molecular weight excluding hydrogens is 369 g/mol. The fraction of sp³-hybridized carbons (Fsp3) is 0.444. The molecule has 10 heteroatoms. The van der Waals surface area contributed by atoms with Crippen LogP contribution in [-0.2, 0) is 24.5 Å². The highest BCUT2D eigenvalue weighted by Crippen LogP contribution is 2.20. The lowest BCUT2D eigenvalue weighted by molar-refractivity contribution is -0.137. The summed E-state index contributed by atoms with van der Waals surface area (Å²) in [6.45, 7) is 0.323. The fourth-order valence-corrected chi connectivity index (χ4v) is 2.93. The van der Waals surface area contributed by atoms with Crippen molar-refractivity contribution in [2.75, 3.05) is 6.67 Å². The number of aliphatic carboxylic acids is 1. The summed E-state index contributed by atoms with van der Waals surface area (Å²) in [5, 5.41) is 16.4. The van der Waals surface area contributed by atoms with Crippen LogP contribution in [0.15, 0.2) is 29.2 Å². The van der Waals surface area contributed by atoms with E-state index in [1.54, 1.807) is 29.0 Å². The summed E-state index contributed by atoms with van der Waals surface area (Å²) < 4.78 is 21.1.